The Kier molecular flexibility index (Phi) is 7.73. The molecule has 0 spiro atoms. The van der Waals surface area contributed by atoms with Crippen molar-refractivity contribution in [2.75, 3.05) is 11.9 Å². The average molecular weight is 574 g/mol. The molecular weight excluding hydrogens is 561 g/mol. The van der Waals surface area contributed by atoms with Crippen molar-refractivity contribution >= 4 is 29.2 Å². The Balaban J connectivity index is 2.29. The molecule has 0 fully saturated rings. The van der Waals surface area contributed by atoms with Crippen molar-refractivity contribution in [2.24, 2.45) is 0 Å². The van der Waals surface area contributed by atoms with Crippen molar-refractivity contribution in [1.29, 1.82) is 0 Å². The summed E-state index contributed by atoms with van der Waals surface area (Å²) in [7, 11) is 0. The van der Waals surface area contributed by atoms with Gasteiger partial charge >= 0.3 is 24.5 Å². The first-order valence-corrected chi connectivity index (χ1v) is 10.5. The third-order valence-corrected chi connectivity index (χ3v) is 5.14. The highest BCUT2D eigenvalue weighted by Gasteiger charge is 2.39. The zero-order chi connectivity index (χ0) is 28.6. The molecule has 16 heteroatoms. The molecule has 0 unspecified atom stereocenters. The molecule has 0 amide bonds. The number of nitrogens with zero attached hydrogens (tertiary/aromatic N) is 2. The monoisotopic (exact) mass is 573 g/mol. The lowest BCUT2D eigenvalue weighted by Gasteiger charge is -2.20. The minimum atomic E-state index is -5.40. The molecule has 0 atom stereocenters. The third-order valence-electron chi connectivity index (χ3n) is 4.81. The van der Waals surface area contributed by atoms with Crippen LogP contribution in [0.1, 0.15) is 34.1 Å². The van der Waals surface area contributed by atoms with Crippen LogP contribution < -0.4 is 10.9 Å². The zero-order valence-electron chi connectivity index (χ0n) is 18.6. The summed E-state index contributed by atoms with van der Waals surface area (Å²) in [6.45, 7) is 1.37. The molecule has 3 aromatic rings. The maximum Gasteiger partial charge on any atom is 0.433 e. The first kappa shape index (κ1) is 28.8. The SMILES string of the molecule is CCOC(=O)c1cc(-n2c(Nc3ccc(C(F)(F)F)cc3C(F)(F)F)nc(C(F)(F)F)cc2=O)ccc1Cl. The first-order chi connectivity index (χ1) is 17.4. The highest BCUT2D eigenvalue weighted by Crippen LogP contribution is 2.40. The molecule has 0 saturated heterocycles. The largest absolute Gasteiger partial charge is 0.462 e. The Morgan fingerprint density at radius 1 is 0.947 bits per heavy atom. The highest BCUT2D eigenvalue weighted by atomic mass is 35.5. The number of hydrogen-bond donors (Lipinski definition) is 1. The maximum atomic E-state index is 13.6. The molecule has 0 radical (unpaired) electrons. The Morgan fingerprint density at radius 3 is 2.16 bits per heavy atom. The van der Waals surface area contributed by atoms with E-state index in [0.29, 0.717) is 10.6 Å². The number of carbonyl (C=O) groups is 1. The van der Waals surface area contributed by atoms with Crippen LogP contribution >= 0.6 is 11.6 Å². The molecular formula is C22H13ClF9N3O3. The number of rotatable bonds is 5. The molecule has 0 bridgehead atoms. The minimum Gasteiger partial charge on any atom is -0.462 e. The number of carbonyl (C=O) groups excluding carboxylic acids is 1. The summed E-state index contributed by atoms with van der Waals surface area (Å²) >= 11 is 5.95. The van der Waals surface area contributed by atoms with E-state index in [0.717, 1.165) is 18.2 Å². The van der Waals surface area contributed by atoms with Gasteiger partial charge in [-0.2, -0.15) is 39.5 Å². The van der Waals surface area contributed by atoms with Gasteiger partial charge in [0.05, 0.1) is 39.7 Å². The second-order valence-corrected chi connectivity index (χ2v) is 7.81. The molecule has 6 nitrogen and oxygen atoms in total. The van der Waals surface area contributed by atoms with Gasteiger partial charge in [-0.05, 0) is 43.3 Å². The fourth-order valence-electron chi connectivity index (χ4n) is 3.16. The summed E-state index contributed by atoms with van der Waals surface area (Å²) in [5, 5.41) is 1.70. The van der Waals surface area contributed by atoms with E-state index >= 15 is 0 Å². The summed E-state index contributed by atoms with van der Waals surface area (Å²) < 4.78 is 125. The van der Waals surface area contributed by atoms with Gasteiger partial charge in [0.2, 0.25) is 5.95 Å². The fourth-order valence-corrected chi connectivity index (χ4v) is 3.36. The van der Waals surface area contributed by atoms with Crippen LogP contribution in [0.2, 0.25) is 5.02 Å². The second-order valence-electron chi connectivity index (χ2n) is 7.40. The van der Waals surface area contributed by atoms with Crippen LogP contribution in [0.15, 0.2) is 47.3 Å². The number of nitrogens with one attached hydrogen (secondary N) is 1. The molecule has 0 aliphatic heterocycles. The van der Waals surface area contributed by atoms with Crippen molar-refractivity contribution in [3.8, 4) is 5.69 Å². The normalized spacial score (nSPS) is 12.4. The van der Waals surface area contributed by atoms with Gasteiger partial charge in [-0.25, -0.2) is 14.3 Å². The van der Waals surface area contributed by atoms with Gasteiger partial charge in [0, 0.05) is 6.07 Å². The van der Waals surface area contributed by atoms with Gasteiger partial charge in [-0.15, -0.1) is 0 Å². The lowest BCUT2D eigenvalue weighted by molar-refractivity contribution is -0.143. The standard InChI is InChI=1S/C22H13ClF9N3O3/c1-2-38-18(37)12-8-11(4-5-14(12)23)35-17(36)9-16(22(30,31)32)34-19(35)33-15-6-3-10(20(24,25)26)7-13(15)21(27,28)29/h3-9H,2H2,1H3,(H,33,34). The summed E-state index contributed by atoms with van der Waals surface area (Å²) in [4.78, 5) is 28.1. The summed E-state index contributed by atoms with van der Waals surface area (Å²) in [6.07, 6.45) is -15.8. The van der Waals surface area contributed by atoms with Crippen LogP contribution in [0, 0.1) is 0 Å². The number of ether oxygens (including phenoxy) is 1. The third kappa shape index (κ3) is 6.20. The highest BCUT2D eigenvalue weighted by molar-refractivity contribution is 6.33. The lowest BCUT2D eigenvalue weighted by Crippen LogP contribution is -2.26. The predicted octanol–water partition coefficient (Wildman–Crippen LogP) is 6.86. The Bertz CT molecular complexity index is 1430. The Labute approximate surface area is 211 Å². The van der Waals surface area contributed by atoms with E-state index in [4.69, 9.17) is 16.3 Å². The van der Waals surface area contributed by atoms with E-state index in [-0.39, 0.29) is 41.1 Å². The van der Waals surface area contributed by atoms with Gasteiger partial charge in [0.25, 0.3) is 5.56 Å². The average Bonchev–Trinajstić information content (AvgIpc) is 2.78. The smallest absolute Gasteiger partial charge is 0.433 e. The summed E-state index contributed by atoms with van der Waals surface area (Å²) in [5.41, 5.74) is -8.67. The lowest BCUT2D eigenvalue weighted by atomic mass is 10.1. The number of esters is 1. The van der Waals surface area contributed by atoms with Crippen LogP contribution in [0.25, 0.3) is 5.69 Å². The minimum absolute atomic E-state index is 0.0429. The van der Waals surface area contributed by atoms with E-state index in [2.05, 4.69) is 4.98 Å². The van der Waals surface area contributed by atoms with E-state index in [9.17, 15) is 49.1 Å². The molecule has 38 heavy (non-hydrogen) atoms. The van der Waals surface area contributed by atoms with Gasteiger partial charge in [0.1, 0.15) is 0 Å². The molecule has 1 aromatic heterocycles. The molecule has 0 aliphatic carbocycles. The molecule has 0 aliphatic rings. The maximum absolute atomic E-state index is 13.6. The van der Waals surface area contributed by atoms with Crippen LogP contribution in [0.5, 0.6) is 0 Å². The van der Waals surface area contributed by atoms with E-state index < -0.39 is 58.5 Å². The van der Waals surface area contributed by atoms with Gasteiger partial charge in [-0.3, -0.25) is 4.79 Å². The topological polar surface area (TPSA) is 73.2 Å². The number of hydrogen-bond acceptors (Lipinski definition) is 5. The summed E-state index contributed by atoms with van der Waals surface area (Å²) in [6, 6.07) is 3.41. The quantitative estimate of drug-likeness (QED) is 0.267. The van der Waals surface area contributed by atoms with Crippen LogP contribution in [0.3, 0.4) is 0 Å². The molecule has 1 heterocycles. The van der Waals surface area contributed by atoms with Crippen molar-refractivity contribution in [3.63, 3.8) is 0 Å². The van der Waals surface area contributed by atoms with E-state index in [1.54, 1.807) is 0 Å². The van der Waals surface area contributed by atoms with Gasteiger partial charge in [-0.1, -0.05) is 11.6 Å². The number of benzene rings is 2. The summed E-state index contributed by atoms with van der Waals surface area (Å²) in [5.74, 6) is -2.13. The Morgan fingerprint density at radius 2 is 1.61 bits per heavy atom. The van der Waals surface area contributed by atoms with Gasteiger partial charge in [0.15, 0.2) is 5.69 Å². The molecule has 1 N–H and O–H groups in total. The number of aromatic nitrogens is 2. The Hall–Kier alpha value is -3.75. The van der Waals surface area contributed by atoms with Crippen LogP contribution in [-0.2, 0) is 23.3 Å². The number of alkyl halides is 9. The predicted molar refractivity (Wildman–Crippen MR) is 116 cm³/mol. The van der Waals surface area contributed by atoms with Crippen LogP contribution in [0.4, 0.5) is 51.1 Å². The second kappa shape index (κ2) is 10.2. The first-order valence-electron chi connectivity index (χ1n) is 10.2. The zero-order valence-corrected chi connectivity index (χ0v) is 19.4. The van der Waals surface area contributed by atoms with Gasteiger partial charge < -0.3 is 10.1 Å². The molecule has 204 valence electrons. The van der Waals surface area contributed by atoms with E-state index in [1.807, 2.05) is 5.32 Å². The van der Waals surface area contributed by atoms with Crippen molar-refractivity contribution in [1.82, 2.24) is 9.55 Å². The number of halogens is 10. The molecule has 2 aromatic carbocycles. The molecule has 3 rings (SSSR count). The molecule has 0 saturated carbocycles. The van der Waals surface area contributed by atoms with Crippen molar-refractivity contribution in [2.45, 2.75) is 25.5 Å². The van der Waals surface area contributed by atoms with Crippen LogP contribution in [-0.4, -0.2) is 22.1 Å². The number of anilines is 2. The van der Waals surface area contributed by atoms with Crippen molar-refractivity contribution in [3.05, 3.63) is 80.2 Å². The van der Waals surface area contributed by atoms with E-state index in [1.165, 1.54) is 6.92 Å². The fraction of sp³-hybridized carbons (Fsp3) is 0.227. The van der Waals surface area contributed by atoms with Crippen molar-refractivity contribution < 1.29 is 49.0 Å².